The Labute approximate surface area is 125 Å². The second-order valence-electron chi connectivity index (χ2n) is 6.17. The molecule has 0 atom stereocenters. The van der Waals surface area contributed by atoms with Gasteiger partial charge in [-0.3, -0.25) is 4.79 Å². The summed E-state index contributed by atoms with van der Waals surface area (Å²) >= 11 is 0. The molecule has 7 nitrogen and oxygen atoms in total. The van der Waals surface area contributed by atoms with Crippen molar-refractivity contribution in [1.82, 2.24) is 30.1 Å². The van der Waals surface area contributed by atoms with E-state index >= 15 is 0 Å². The number of carbonyl (C=O) groups excluding carboxylic acids is 1. The summed E-state index contributed by atoms with van der Waals surface area (Å²) in [6.07, 6.45) is 4.56. The number of hydrogen-bond donors (Lipinski definition) is 1. The van der Waals surface area contributed by atoms with Gasteiger partial charge >= 0.3 is 0 Å². The highest BCUT2D eigenvalue weighted by atomic mass is 16.2. The maximum Gasteiger partial charge on any atom is 0.244 e. The lowest BCUT2D eigenvalue weighted by Crippen LogP contribution is -2.48. The molecule has 7 heteroatoms. The summed E-state index contributed by atoms with van der Waals surface area (Å²) in [6, 6.07) is 0. The van der Waals surface area contributed by atoms with E-state index in [1.54, 1.807) is 4.68 Å². The van der Waals surface area contributed by atoms with Crippen LogP contribution in [0.2, 0.25) is 0 Å². The molecule has 1 aliphatic heterocycles. The molecule has 0 spiro atoms. The van der Waals surface area contributed by atoms with Crippen molar-refractivity contribution in [3.8, 4) is 0 Å². The Morgan fingerprint density at radius 2 is 2.10 bits per heavy atom. The molecular formula is C14H24N6O. The Bertz CT molecular complexity index is 476. The lowest BCUT2D eigenvalue weighted by atomic mass is 10.3. The van der Waals surface area contributed by atoms with Crippen molar-refractivity contribution in [2.24, 2.45) is 5.92 Å². The summed E-state index contributed by atoms with van der Waals surface area (Å²) in [6.45, 7) is 5.59. The second-order valence-corrected chi connectivity index (χ2v) is 6.17. The highest BCUT2D eigenvalue weighted by molar-refractivity contribution is 5.76. The van der Waals surface area contributed by atoms with Crippen molar-refractivity contribution < 1.29 is 4.79 Å². The minimum Gasteiger partial charge on any atom is -0.339 e. The first-order chi connectivity index (χ1) is 10.2. The normalized spacial score (nSPS) is 20.0. The van der Waals surface area contributed by atoms with Crippen molar-refractivity contribution in [3.63, 3.8) is 0 Å². The molecule has 1 aromatic rings. The SMILES string of the molecule is CN1CCN(C(=O)Cn2cc(CNCC3CC3)nn2)CC1. The quantitative estimate of drug-likeness (QED) is 0.769. The van der Waals surface area contributed by atoms with Gasteiger partial charge in [-0.05, 0) is 32.4 Å². The third-order valence-electron chi connectivity index (χ3n) is 4.18. The van der Waals surface area contributed by atoms with E-state index < -0.39 is 0 Å². The first kappa shape index (κ1) is 14.5. The van der Waals surface area contributed by atoms with Crippen LogP contribution < -0.4 is 5.32 Å². The fraction of sp³-hybridized carbons (Fsp3) is 0.786. The van der Waals surface area contributed by atoms with Crippen molar-refractivity contribution in [2.45, 2.75) is 25.9 Å². The van der Waals surface area contributed by atoms with Crippen LogP contribution in [0.1, 0.15) is 18.5 Å². The summed E-state index contributed by atoms with van der Waals surface area (Å²) in [5.41, 5.74) is 0.904. The summed E-state index contributed by atoms with van der Waals surface area (Å²) < 4.78 is 1.65. The van der Waals surface area contributed by atoms with Crippen molar-refractivity contribution in [2.75, 3.05) is 39.8 Å². The van der Waals surface area contributed by atoms with Gasteiger partial charge in [-0.2, -0.15) is 0 Å². The smallest absolute Gasteiger partial charge is 0.244 e. The average molecular weight is 292 g/mol. The van der Waals surface area contributed by atoms with Gasteiger partial charge in [0.25, 0.3) is 0 Å². The highest BCUT2D eigenvalue weighted by Gasteiger charge is 2.21. The van der Waals surface area contributed by atoms with Gasteiger partial charge in [0.1, 0.15) is 6.54 Å². The van der Waals surface area contributed by atoms with Gasteiger partial charge < -0.3 is 15.1 Å². The number of nitrogens with one attached hydrogen (secondary N) is 1. The molecule has 0 radical (unpaired) electrons. The molecule has 0 aromatic carbocycles. The number of likely N-dealkylation sites (N-methyl/N-ethyl adjacent to an activating group) is 1. The zero-order valence-electron chi connectivity index (χ0n) is 12.7. The lowest BCUT2D eigenvalue weighted by Gasteiger charge is -2.32. The second kappa shape index (κ2) is 6.53. The summed E-state index contributed by atoms with van der Waals surface area (Å²) in [4.78, 5) is 16.3. The Morgan fingerprint density at radius 3 is 2.81 bits per heavy atom. The van der Waals surface area contributed by atoms with Crippen molar-refractivity contribution in [3.05, 3.63) is 11.9 Å². The highest BCUT2D eigenvalue weighted by Crippen LogP contribution is 2.27. The Hall–Kier alpha value is -1.47. The first-order valence-electron chi connectivity index (χ1n) is 7.77. The van der Waals surface area contributed by atoms with Gasteiger partial charge in [0.15, 0.2) is 0 Å². The molecular weight excluding hydrogens is 268 g/mol. The van der Waals surface area contributed by atoms with Gasteiger partial charge in [0.2, 0.25) is 5.91 Å². The molecule has 1 aliphatic carbocycles. The lowest BCUT2D eigenvalue weighted by molar-refractivity contribution is -0.133. The zero-order valence-corrected chi connectivity index (χ0v) is 12.7. The van der Waals surface area contributed by atoms with Crippen LogP contribution in [0.25, 0.3) is 0 Å². The number of nitrogens with zero attached hydrogens (tertiary/aromatic N) is 5. The number of carbonyl (C=O) groups is 1. The van der Waals surface area contributed by atoms with E-state index in [1.807, 2.05) is 11.1 Å². The predicted octanol–water partition coefficient (Wildman–Crippen LogP) is -0.448. The topological polar surface area (TPSA) is 66.3 Å². The predicted molar refractivity (Wildman–Crippen MR) is 78.5 cm³/mol. The average Bonchev–Trinajstić information content (AvgIpc) is 3.19. The van der Waals surface area contributed by atoms with Crippen LogP contribution in [0.15, 0.2) is 6.20 Å². The van der Waals surface area contributed by atoms with Gasteiger partial charge in [-0.15, -0.1) is 5.10 Å². The van der Waals surface area contributed by atoms with E-state index in [2.05, 4.69) is 27.6 Å². The van der Waals surface area contributed by atoms with Crippen molar-refractivity contribution >= 4 is 5.91 Å². The fourth-order valence-electron chi connectivity index (χ4n) is 2.52. The van der Waals surface area contributed by atoms with E-state index in [1.165, 1.54) is 12.8 Å². The van der Waals surface area contributed by atoms with Crippen LogP contribution in [-0.4, -0.2) is 70.5 Å². The molecule has 2 aliphatic rings. The molecule has 116 valence electrons. The molecule has 2 heterocycles. The minimum absolute atomic E-state index is 0.130. The largest absolute Gasteiger partial charge is 0.339 e. The molecule has 3 rings (SSSR count). The summed E-state index contributed by atoms with van der Waals surface area (Å²) in [5.74, 6) is 0.990. The zero-order chi connectivity index (χ0) is 14.7. The van der Waals surface area contributed by atoms with Crippen LogP contribution in [-0.2, 0) is 17.9 Å². The van der Waals surface area contributed by atoms with E-state index in [9.17, 15) is 4.79 Å². The molecule has 1 amide bonds. The van der Waals surface area contributed by atoms with Crippen LogP contribution in [0, 0.1) is 5.92 Å². The maximum absolute atomic E-state index is 12.2. The number of piperazine rings is 1. The monoisotopic (exact) mass is 292 g/mol. The molecule has 0 bridgehead atoms. The molecule has 1 aromatic heterocycles. The minimum atomic E-state index is 0.130. The molecule has 2 fully saturated rings. The van der Waals surface area contributed by atoms with Crippen LogP contribution in [0.4, 0.5) is 0 Å². The Kier molecular flexibility index (Phi) is 4.50. The van der Waals surface area contributed by atoms with E-state index in [0.29, 0.717) is 6.54 Å². The maximum atomic E-state index is 12.2. The number of aromatic nitrogens is 3. The van der Waals surface area contributed by atoms with E-state index in [-0.39, 0.29) is 5.91 Å². The summed E-state index contributed by atoms with van der Waals surface area (Å²) in [5, 5.41) is 11.5. The van der Waals surface area contributed by atoms with Gasteiger partial charge in [0, 0.05) is 32.7 Å². The fourth-order valence-corrected chi connectivity index (χ4v) is 2.52. The van der Waals surface area contributed by atoms with E-state index in [0.717, 1.165) is 50.9 Å². The summed E-state index contributed by atoms with van der Waals surface area (Å²) in [7, 11) is 2.08. The third-order valence-corrected chi connectivity index (χ3v) is 4.18. The number of hydrogen-bond acceptors (Lipinski definition) is 5. The molecule has 21 heavy (non-hydrogen) atoms. The van der Waals surface area contributed by atoms with Crippen LogP contribution in [0.5, 0.6) is 0 Å². The van der Waals surface area contributed by atoms with Crippen LogP contribution >= 0.6 is 0 Å². The van der Waals surface area contributed by atoms with Crippen molar-refractivity contribution in [1.29, 1.82) is 0 Å². The standard InChI is InChI=1S/C14H24N6O/c1-18-4-6-19(7-5-18)14(21)11-20-10-13(16-17-20)9-15-8-12-2-3-12/h10,12,15H,2-9,11H2,1H3. The van der Waals surface area contributed by atoms with Gasteiger partial charge in [-0.1, -0.05) is 5.21 Å². The molecule has 1 N–H and O–H groups in total. The number of rotatable bonds is 6. The molecule has 1 saturated heterocycles. The Balaban J connectivity index is 1.43. The van der Waals surface area contributed by atoms with Crippen LogP contribution in [0.3, 0.4) is 0 Å². The van der Waals surface area contributed by atoms with Gasteiger partial charge in [0.05, 0.1) is 11.9 Å². The third kappa shape index (κ3) is 4.25. The molecule has 0 unspecified atom stereocenters. The van der Waals surface area contributed by atoms with Gasteiger partial charge in [-0.25, -0.2) is 4.68 Å². The number of amides is 1. The molecule has 1 saturated carbocycles. The first-order valence-corrected chi connectivity index (χ1v) is 7.77. The van der Waals surface area contributed by atoms with E-state index in [4.69, 9.17) is 0 Å². The Morgan fingerprint density at radius 1 is 1.33 bits per heavy atom.